The predicted octanol–water partition coefficient (Wildman–Crippen LogP) is 3.86. The number of pyridine rings is 1. The van der Waals surface area contributed by atoms with E-state index in [1.54, 1.807) is 7.11 Å². The summed E-state index contributed by atoms with van der Waals surface area (Å²) in [6, 6.07) is 12.5. The van der Waals surface area contributed by atoms with Gasteiger partial charge in [0.2, 0.25) is 0 Å². The SMILES string of the molecule is COc1ccc(C2=CCN(Cc3c[nH]c4ncccc34)CC2)cc1. The normalized spacial score (nSPS) is 15.5. The molecule has 0 saturated carbocycles. The fourth-order valence-electron chi connectivity index (χ4n) is 3.31. The highest BCUT2D eigenvalue weighted by atomic mass is 16.5. The molecule has 4 heteroatoms. The third-order valence-corrected chi connectivity index (χ3v) is 4.68. The van der Waals surface area contributed by atoms with Crippen molar-refractivity contribution >= 4 is 16.6 Å². The van der Waals surface area contributed by atoms with Gasteiger partial charge in [0, 0.05) is 37.4 Å². The molecular weight excluding hydrogens is 298 g/mol. The van der Waals surface area contributed by atoms with Crippen LogP contribution in [-0.4, -0.2) is 35.1 Å². The van der Waals surface area contributed by atoms with Crippen molar-refractivity contribution in [3.63, 3.8) is 0 Å². The average molecular weight is 319 g/mol. The summed E-state index contributed by atoms with van der Waals surface area (Å²) in [5.41, 5.74) is 5.01. The quantitative estimate of drug-likeness (QED) is 0.794. The number of benzene rings is 1. The lowest BCUT2D eigenvalue weighted by molar-refractivity contribution is 0.295. The van der Waals surface area contributed by atoms with Crippen LogP contribution >= 0.6 is 0 Å². The van der Waals surface area contributed by atoms with E-state index in [0.29, 0.717) is 0 Å². The van der Waals surface area contributed by atoms with Gasteiger partial charge in [0.1, 0.15) is 11.4 Å². The third-order valence-electron chi connectivity index (χ3n) is 4.68. The maximum atomic E-state index is 5.23. The number of ether oxygens (including phenoxy) is 1. The fraction of sp³-hybridized carbons (Fsp3) is 0.250. The van der Waals surface area contributed by atoms with Crippen LogP contribution in [-0.2, 0) is 6.54 Å². The zero-order valence-electron chi connectivity index (χ0n) is 13.8. The highest BCUT2D eigenvalue weighted by Crippen LogP contribution is 2.26. The van der Waals surface area contributed by atoms with E-state index in [2.05, 4.69) is 45.3 Å². The van der Waals surface area contributed by atoms with E-state index in [0.717, 1.165) is 37.5 Å². The Morgan fingerprint density at radius 3 is 2.83 bits per heavy atom. The van der Waals surface area contributed by atoms with Crippen LogP contribution in [0, 0.1) is 0 Å². The molecule has 0 amide bonds. The average Bonchev–Trinajstić information content (AvgIpc) is 3.06. The van der Waals surface area contributed by atoms with E-state index in [-0.39, 0.29) is 0 Å². The molecule has 1 aromatic carbocycles. The number of hydrogen-bond acceptors (Lipinski definition) is 3. The van der Waals surface area contributed by atoms with E-state index in [4.69, 9.17) is 4.74 Å². The second kappa shape index (κ2) is 6.49. The maximum Gasteiger partial charge on any atom is 0.137 e. The fourth-order valence-corrected chi connectivity index (χ4v) is 3.31. The van der Waals surface area contributed by atoms with Crippen LogP contribution in [0.2, 0.25) is 0 Å². The van der Waals surface area contributed by atoms with E-state index < -0.39 is 0 Å². The molecule has 3 heterocycles. The number of H-pyrrole nitrogens is 1. The lowest BCUT2D eigenvalue weighted by Crippen LogP contribution is -2.27. The molecule has 24 heavy (non-hydrogen) atoms. The third kappa shape index (κ3) is 2.93. The van der Waals surface area contributed by atoms with Gasteiger partial charge in [0.05, 0.1) is 7.11 Å². The Morgan fingerprint density at radius 1 is 1.21 bits per heavy atom. The first kappa shape index (κ1) is 15.0. The summed E-state index contributed by atoms with van der Waals surface area (Å²) in [6.07, 6.45) is 7.33. The molecule has 0 fully saturated rings. The molecular formula is C20H21N3O. The van der Waals surface area contributed by atoms with Gasteiger partial charge in [-0.2, -0.15) is 0 Å². The molecule has 2 aromatic heterocycles. The van der Waals surface area contributed by atoms with E-state index in [1.165, 1.54) is 22.1 Å². The standard InChI is InChI=1S/C20H21N3O/c1-24-18-6-4-15(5-7-18)16-8-11-23(12-9-16)14-17-13-22-20-19(17)3-2-10-21-20/h2-8,10,13H,9,11-12,14H2,1H3,(H,21,22). The first-order valence-electron chi connectivity index (χ1n) is 8.30. The Morgan fingerprint density at radius 2 is 2.08 bits per heavy atom. The van der Waals surface area contributed by atoms with Gasteiger partial charge in [0.15, 0.2) is 0 Å². The minimum Gasteiger partial charge on any atom is -0.497 e. The topological polar surface area (TPSA) is 41.1 Å². The number of rotatable bonds is 4. The van der Waals surface area contributed by atoms with Gasteiger partial charge in [-0.1, -0.05) is 18.2 Å². The number of hydrogen-bond donors (Lipinski definition) is 1. The smallest absolute Gasteiger partial charge is 0.137 e. The Bertz CT molecular complexity index is 864. The summed E-state index contributed by atoms with van der Waals surface area (Å²) in [7, 11) is 1.70. The first-order valence-corrected chi connectivity index (χ1v) is 8.30. The summed E-state index contributed by atoms with van der Waals surface area (Å²) in [6.45, 7) is 3.01. The lowest BCUT2D eigenvalue weighted by atomic mass is 9.99. The van der Waals surface area contributed by atoms with Crippen LogP contribution in [0.4, 0.5) is 0 Å². The molecule has 0 aliphatic carbocycles. The van der Waals surface area contributed by atoms with Crippen molar-refractivity contribution < 1.29 is 4.74 Å². The molecule has 0 saturated heterocycles. The number of methoxy groups -OCH3 is 1. The molecule has 0 spiro atoms. The molecule has 3 aromatic rings. The first-order chi connectivity index (χ1) is 11.8. The molecule has 1 aliphatic rings. The van der Waals surface area contributed by atoms with Crippen molar-refractivity contribution in [1.82, 2.24) is 14.9 Å². The van der Waals surface area contributed by atoms with Crippen LogP contribution in [0.5, 0.6) is 5.75 Å². The van der Waals surface area contributed by atoms with Crippen LogP contribution < -0.4 is 4.74 Å². The maximum absolute atomic E-state index is 5.23. The number of nitrogens with one attached hydrogen (secondary N) is 1. The molecule has 4 nitrogen and oxygen atoms in total. The van der Waals surface area contributed by atoms with Crippen LogP contribution in [0.25, 0.3) is 16.6 Å². The van der Waals surface area contributed by atoms with Crippen molar-refractivity contribution in [3.05, 3.63) is 66.0 Å². The highest BCUT2D eigenvalue weighted by molar-refractivity contribution is 5.79. The Hall–Kier alpha value is -2.59. The predicted molar refractivity (Wildman–Crippen MR) is 97.0 cm³/mol. The number of aromatic nitrogens is 2. The van der Waals surface area contributed by atoms with Gasteiger partial charge in [0.25, 0.3) is 0 Å². The zero-order valence-corrected chi connectivity index (χ0v) is 13.8. The molecule has 1 N–H and O–H groups in total. The second-order valence-corrected chi connectivity index (χ2v) is 6.16. The van der Waals surface area contributed by atoms with E-state index in [1.807, 2.05) is 24.4 Å². The molecule has 1 aliphatic heterocycles. The second-order valence-electron chi connectivity index (χ2n) is 6.16. The Kier molecular flexibility index (Phi) is 4.05. The van der Waals surface area contributed by atoms with Crippen molar-refractivity contribution in [2.45, 2.75) is 13.0 Å². The summed E-state index contributed by atoms with van der Waals surface area (Å²) in [5, 5.41) is 1.22. The lowest BCUT2D eigenvalue weighted by Gasteiger charge is -2.26. The number of fused-ring (bicyclic) bond motifs is 1. The van der Waals surface area contributed by atoms with Crippen LogP contribution in [0.1, 0.15) is 17.5 Å². The largest absolute Gasteiger partial charge is 0.497 e. The summed E-state index contributed by atoms with van der Waals surface area (Å²) in [4.78, 5) is 10.1. The van der Waals surface area contributed by atoms with E-state index in [9.17, 15) is 0 Å². The van der Waals surface area contributed by atoms with E-state index >= 15 is 0 Å². The van der Waals surface area contributed by atoms with Gasteiger partial charge in [-0.05, 0) is 47.4 Å². The number of aromatic amines is 1. The molecule has 0 bridgehead atoms. The van der Waals surface area contributed by atoms with Crippen molar-refractivity contribution in [3.8, 4) is 5.75 Å². The summed E-state index contributed by atoms with van der Waals surface area (Å²) < 4.78 is 5.23. The molecule has 0 atom stereocenters. The van der Waals surface area contributed by atoms with Gasteiger partial charge in [-0.25, -0.2) is 4.98 Å². The van der Waals surface area contributed by atoms with Crippen molar-refractivity contribution in [1.29, 1.82) is 0 Å². The van der Waals surface area contributed by atoms with Gasteiger partial charge in [-0.3, -0.25) is 4.90 Å². The van der Waals surface area contributed by atoms with Crippen LogP contribution in [0.15, 0.2) is 54.9 Å². The van der Waals surface area contributed by atoms with Crippen LogP contribution in [0.3, 0.4) is 0 Å². The molecule has 0 unspecified atom stereocenters. The zero-order chi connectivity index (χ0) is 16.4. The highest BCUT2D eigenvalue weighted by Gasteiger charge is 2.15. The number of nitrogens with zero attached hydrogens (tertiary/aromatic N) is 2. The van der Waals surface area contributed by atoms with Gasteiger partial charge in [-0.15, -0.1) is 0 Å². The van der Waals surface area contributed by atoms with Crippen molar-refractivity contribution in [2.75, 3.05) is 20.2 Å². The monoisotopic (exact) mass is 319 g/mol. The summed E-state index contributed by atoms with van der Waals surface area (Å²) in [5.74, 6) is 0.907. The molecule has 122 valence electrons. The molecule has 4 rings (SSSR count). The van der Waals surface area contributed by atoms with Crippen molar-refractivity contribution in [2.24, 2.45) is 0 Å². The summed E-state index contributed by atoms with van der Waals surface area (Å²) >= 11 is 0. The van der Waals surface area contributed by atoms with Gasteiger partial charge >= 0.3 is 0 Å². The van der Waals surface area contributed by atoms with Gasteiger partial charge < -0.3 is 9.72 Å². The minimum absolute atomic E-state index is 0.907. The Balaban J connectivity index is 1.46. The Labute approximate surface area is 141 Å². The minimum atomic E-state index is 0.907. The molecule has 0 radical (unpaired) electrons.